The van der Waals surface area contributed by atoms with Crippen LogP contribution in [0.2, 0.25) is 0 Å². The van der Waals surface area contributed by atoms with E-state index in [1.165, 1.54) is 5.56 Å². The highest BCUT2D eigenvalue weighted by Crippen LogP contribution is 2.10. The summed E-state index contributed by atoms with van der Waals surface area (Å²) in [5, 5.41) is 12.1. The average molecular weight is 294 g/mol. The molecule has 0 spiro atoms. The molecule has 1 atom stereocenters. The summed E-state index contributed by atoms with van der Waals surface area (Å²) in [5.41, 5.74) is 1.76. The number of carbonyl (C=O) groups excluding carboxylic acids is 1. The van der Waals surface area contributed by atoms with Gasteiger partial charge in [0.2, 0.25) is 0 Å². The van der Waals surface area contributed by atoms with E-state index in [-0.39, 0.29) is 12.6 Å². The van der Waals surface area contributed by atoms with Gasteiger partial charge in [-0.1, -0.05) is 13.0 Å². The van der Waals surface area contributed by atoms with E-state index in [9.17, 15) is 9.90 Å². The van der Waals surface area contributed by atoms with Crippen LogP contribution < -0.4 is 5.32 Å². The van der Waals surface area contributed by atoms with Crippen molar-refractivity contribution in [2.45, 2.75) is 58.6 Å². The number of aryl methyl sites for hydroxylation is 2. The van der Waals surface area contributed by atoms with Crippen LogP contribution in [0.25, 0.3) is 0 Å². The van der Waals surface area contributed by atoms with Crippen LogP contribution in [0.5, 0.6) is 0 Å². The normalized spacial score (nSPS) is 12.8. The summed E-state index contributed by atoms with van der Waals surface area (Å²) in [6.07, 6.45) is 5.52. The van der Waals surface area contributed by atoms with Gasteiger partial charge in [-0.3, -0.25) is 4.98 Å². The van der Waals surface area contributed by atoms with Crippen molar-refractivity contribution >= 4 is 6.09 Å². The van der Waals surface area contributed by atoms with Gasteiger partial charge in [0.25, 0.3) is 0 Å². The van der Waals surface area contributed by atoms with E-state index in [0.29, 0.717) is 6.42 Å². The fraction of sp³-hybridized carbons (Fsp3) is 0.625. The predicted molar refractivity (Wildman–Crippen MR) is 82.2 cm³/mol. The lowest BCUT2D eigenvalue weighted by Crippen LogP contribution is -2.41. The monoisotopic (exact) mass is 294 g/mol. The van der Waals surface area contributed by atoms with Gasteiger partial charge in [0.15, 0.2) is 0 Å². The Kier molecular flexibility index (Phi) is 6.62. The number of hydrogen-bond acceptors (Lipinski definition) is 4. The van der Waals surface area contributed by atoms with Gasteiger partial charge in [0, 0.05) is 12.4 Å². The highest BCUT2D eigenvalue weighted by atomic mass is 16.6. The van der Waals surface area contributed by atoms with Gasteiger partial charge < -0.3 is 15.2 Å². The number of alkyl carbamates (subject to hydrolysis) is 1. The zero-order valence-electron chi connectivity index (χ0n) is 13.3. The topological polar surface area (TPSA) is 71.5 Å². The summed E-state index contributed by atoms with van der Waals surface area (Å²) < 4.78 is 5.19. The van der Waals surface area contributed by atoms with Crippen LogP contribution in [0, 0.1) is 0 Å². The minimum Gasteiger partial charge on any atom is -0.444 e. The molecule has 0 aliphatic rings. The molecule has 118 valence electrons. The van der Waals surface area contributed by atoms with Crippen molar-refractivity contribution in [2.75, 3.05) is 6.61 Å². The zero-order valence-corrected chi connectivity index (χ0v) is 13.3. The predicted octanol–water partition coefficient (Wildman–Crippen LogP) is 2.46. The molecule has 2 N–H and O–H groups in total. The number of nitrogens with one attached hydrogen (secondary N) is 1. The summed E-state index contributed by atoms with van der Waals surface area (Å²) in [4.78, 5) is 15.9. The SMILES string of the molecule is CCc1cncc(CC[C@H](CO)NC(=O)OC(C)(C)C)c1. The quantitative estimate of drug-likeness (QED) is 0.845. The van der Waals surface area contributed by atoms with E-state index in [0.717, 1.165) is 18.4 Å². The van der Waals surface area contributed by atoms with Gasteiger partial charge in [-0.2, -0.15) is 0 Å². The lowest BCUT2D eigenvalue weighted by atomic mass is 10.1. The Bertz CT molecular complexity index is 455. The molecule has 0 fully saturated rings. The minimum absolute atomic E-state index is 0.111. The molecule has 1 heterocycles. The zero-order chi connectivity index (χ0) is 15.9. The van der Waals surface area contributed by atoms with Crippen LogP contribution in [-0.4, -0.2) is 34.4 Å². The van der Waals surface area contributed by atoms with Crippen LogP contribution >= 0.6 is 0 Å². The van der Waals surface area contributed by atoms with Crippen LogP contribution in [0.1, 0.15) is 45.2 Å². The molecule has 1 amide bonds. The van der Waals surface area contributed by atoms with Gasteiger partial charge in [-0.25, -0.2) is 4.79 Å². The van der Waals surface area contributed by atoms with E-state index < -0.39 is 11.7 Å². The summed E-state index contributed by atoms with van der Waals surface area (Å²) in [7, 11) is 0. The Labute approximate surface area is 126 Å². The van der Waals surface area contributed by atoms with Crippen molar-refractivity contribution in [3.05, 3.63) is 29.6 Å². The number of amides is 1. The summed E-state index contributed by atoms with van der Waals surface area (Å²) in [5.74, 6) is 0. The largest absolute Gasteiger partial charge is 0.444 e. The molecule has 1 rings (SSSR count). The summed E-state index contributed by atoms with van der Waals surface area (Å²) >= 11 is 0. The lowest BCUT2D eigenvalue weighted by Gasteiger charge is -2.22. The first-order chi connectivity index (χ1) is 9.84. The average Bonchev–Trinajstić information content (AvgIpc) is 2.41. The van der Waals surface area contributed by atoms with Crippen LogP contribution in [0.3, 0.4) is 0 Å². The third-order valence-electron chi connectivity index (χ3n) is 2.98. The van der Waals surface area contributed by atoms with E-state index in [1.54, 1.807) is 0 Å². The van der Waals surface area contributed by atoms with Gasteiger partial charge in [-0.15, -0.1) is 0 Å². The van der Waals surface area contributed by atoms with E-state index >= 15 is 0 Å². The molecule has 1 aromatic heterocycles. The lowest BCUT2D eigenvalue weighted by molar-refractivity contribution is 0.0479. The highest BCUT2D eigenvalue weighted by Gasteiger charge is 2.19. The summed E-state index contributed by atoms with van der Waals surface area (Å²) in [6, 6.07) is 1.79. The molecule has 0 saturated carbocycles. The molecule has 5 nitrogen and oxygen atoms in total. The minimum atomic E-state index is -0.538. The number of pyridine rings is 1. The van der Waals surface area contributed by atoms with Crippen molar-refractivity contribution in [1.82, 2.24) is 10.3 Å². The number of aliphatic hydroxyl groups is 1. The number of ether oxygens (including phenoxy) is 1. The fourth-order valence-corrected chi connectivity index (χ4v) is 1.90. The fourth-order valence-electron chi connectivity index (χ4n) is 1.90. The van der Waals surface area contributed by atoms with Crippen LogP contribution in [-0.2, 0) is 17.6 Å². The number of aromatic nitrogens is 1. The van der Waals surface area contributed by atoms with Crippen molar-refractivity contribution in [3.63, 3.8) is 0 Å². The molecule has 0 aliphatic heterocycles. The van der Waals surface area contributed by atoms with Crippen LogP contribution in [0.4, 0.5) is 4.79 Å². The molecule has 0 bridgehead atoms. The number of nitrogens with zero attached hydrogens (tertiary/aromatic N) is 1. The maximum atomic E-state index is 11.7. The van der Waals surface area contributed by atoms with Gasteiger partial charge in [-0.05, 0) is 51.2 Å². The molecule has 0 aromatic carbocycles. The van der Waals surface area contributed by atoms with Crippen molar-refractivity contribution < 1.29 is 14.6 Å². The highest BCUT2D eigenvalue weighted by molar-refractivity contribution is 5.68. The van der Waals surface area contributed by atoms with Crippen molar-refractivity contribution in [2.24, 2.45) is 0 Å². The maximum Gasteiger partial charge on any atom is 0.407 e. The molecule has 0 unspecified atom stereocenters. The first-order valence-corrected chi connectivity index (χ1v) is 7.37. The first-order valence-electron chi connectivity index (χ1n) is 7.37. The van der Waals surface area contributed by atoms with Crippen LogP contribution in [0.15, 0.2) is 18.5 Å². The molecular formula is C16H26N2O3. The summed E-state index contributed by atoms with van der Waals surface area (Å²) in [6.45, 7) is 7.40. The Morgan fingerprint density at radius 3 is 2.62 bits per heavy atom. The molecular weight excluding hydrogens is 268 g/mol. The number of hydrogen-bond donors (Lipinski definition) is 2. The Hall–Kier alpha value is -1.62. The Morgan fingerprint density at radius 1 is 1.38 bits per heavy atom. The number of aliphatic hydroxyl groups excluding tert-OH is 1. The third-order valence-corrected chi connectivity index (χ3v) is 2.98. The smallest absolute Gasteiger partial charge is 0.407 e. The number of rotatable bonds is 6. The van der Waals surface area contributed by atoms with E-state index in [4.69, 9.17) is 4.74 Å². The van der Waals surface area contributed by atoms with Crippen molar-refractivity contribution in [1.29, 1.82) is 0 Å². The molecule has 21 heavy (non-hydrogen) atoms. The second kappa shape index (κ2) is 7.98. The van der Waals surface area contributed by atoms with Gasteiger partial charge in [0.1, 0.15) is 5.60 Å². The Morgan fingerprint density at radius 2 is 2.05 bits per heavy atom. The van der Waals surface area contributed by atoms with Gasteiger partial charge >= 0.3 is 6.09 Å². The molecule has 5 heteroatoms. The third kappa shape index (κ3) is 7.09. The molecule has 1 aromatic rings. The molecule has 0 saturated heterocycles. The van der Waals surface area contributed by atoms with Crippen molar-refractivity contribution in [3.8, 4) is 0 Å². The maximum absolute atomic E-state index is 11.7. The second-order valence-electron chi connectivity index (χ2n) is 6.12. The first kappa shape index (κ1) is 17.4. The molecule has 0 aliphatic carbocycles. The number of carbonyl (C=O) groups is 1. The van der Waals surface area contributed by atoms with Gasteiger partial charge in [0.05, 0.1) is 12.6 Å². The van der Waals surface area contributed by atoms with E-state index in [2.05, 4.69) is 23.3 Å². The van der Waals surface area contributed by atoms with E-state index in [1.807, 2.05) is 33.2 Å². The Balaban J connectivity index is 2.48. The standard InChI is InChI=1S/C16H26N2O3/c1-5-12-8-13(10-17-9-12)6-7-14(11-19)18-15(20)21-16(2,3)4/h8-10,14,19H,5-7,11H2,1-4H3,(H,18,20)/t14-/m1/s1. The molecule has 0 radical (unpaired) electrons. The second-order valence-corrected chi connectivity index (χ2v) is 6.12.